The van der Waals surface area contributed by atoms with Crippen molar-refractivity contribution in [2.45, 2.75) is 16.7 Å². The van der Waals surface area contributed by atoms with Crippen molar-refractivity contribution in [3.05, 3.63) is 90.6 Å². The van der Waals surface area contributed by atoms with Crippen molar-refractivity contribution in [2.75, 3.05) is 0 Å². The molecule has 3 aromatic carbocycles. The highest BCUT2D eigenvalue weighted by atomic mass is 32.2. The van der Waals surface area contributed by atoms with Gasteiger partial charge in [0.2, 0.25) is 0 Å². The number of carbonyl (C=O) groups excluding carboxylic acids is 1. The van der Waals surface area contributed by atoms with E-state index >= 15 is 0 Å². The number of nitrogens with zero attached hydrogens (tertiary/aromatic N) is 1. The Morgan fingerprint density at radius 1 is 0.846 bits per heavy atom. The predicted molar refractivity (Wildman–Crippen MR) is 108 cm³/mol. The molecule has 4 aromatic rings. The molecule has 0 saturated carbocycles. The van der Waals surface area contributed by atoms with Crippen LogP contribution in [-0.2, 0) is 0 Å². The average Bonchev–Trinajstić information content (AvgIpc) is 2.69. The molecule has 1 aromatic heterocycles. The summed E-state index contributed by atoms with van der Waals surface area (Å²) in [6, 6.07) is 26.3. The molecule has 126 valence electrons. The molecule has 0 bridgehead atoms. The Hall–Kier alpha value is -2.91. The first-order chi connectivity index (χ1) is 12.7. The zero-order chi connectivity index (χ0) is 17.9. The first-order valence-corrected chi connectivity index (χ1v) is 9.26. The summed E-state index contributed by atoms with van der Waals surface area (Å²) in [5.74, 6) is 0.0712. The number of pyridine rings is 1. The van der Waals surface area contributed by atoms with Gasteiger partial charge in [-0.1, -0.05) is 78.5 Å². The maximum atomic E-state index is 11.6. The third-order valence-corrected chi connectivity index (χ3v) is 5.41. The minimum atomic E-state index is 0.0712. The Kier molecular flexibility index (Phi) is 4.55. The lowest BCUT2D eigenvalue weighted by Gasteiger charge is -2.12. The van der Waals surface area contributed by atoms with Crippen LogP contribution < -0.4 is 0 Å². The topological polar surface area (TPSA) is 30.0 Å². The highest BCUT2D eigenvalue weighted by Crippen LogP contribution is 2.39. The first-order valence-electron chi connectivity index (χ1n) is 8.44. The summed E-state index contributed by atoms with van der Waals surface area (Å²) >= 11 is 1.72. The smallest absolute Gasteiger partial charge is 0.159 e. The molecule has 4 rings (SSSR count). The van der Waals surface area contributed by atoms with E-state index < -0.39 is 0 Å². The van der Waals surface area contributed by atoms with Gasteiger partial charge in [-0.25, -0.2) is 0 Å². The third-order valence-electron chi connectivity index (χ3n) is 4.28. The number of carbonyl (C=O) groups is 1. The van der Waals surface area contributed by atoms with Gasteiger partial charge in [0.05, 0.1) is 5.69 Å². The van der Waals surface area contributed by atoms with Crippen molar-refractivity contribution in [1.29, 1.82) is 0 Å². The number of hydrogen-bond acceptors (Lipinski definition) is 3. The Morgan fingerprint density at radius 3 is 2.27 bits per heavy atom. The Balaban J connectivity index is 1.88. The second-order valence-corrected chi connectivity index (χ2v) is 7.16. The summed E-state index contributed by atoms with van der Waals surface area (Å²) in [5, 5.41) is 2.30. The number of rotatable bonds is 4. The largest absolute Gasteiger partial charge is 0.295 e. The van der Waals surface area contributed by atoms with Crippen molar-refractivity contribution in [2.24, 2.45) is 0 Å². The molecule has 26 heavy (non-hydrogen) atoms. The SMILES string of the molecule is CC(=O)c1ccc(-c2ncc3ccccc3c2Sc2ccccc2)cc1. The molecule has 0 aliphatic rings. The van der Waals surface area contributed by atoms with Gasteiger partial charge in [-0.15, -0.1) is 0 Å². The molecule has 0 saturated heterocycles. The average molecular weight is 355 g/mol. The van der Waals surface area contributed by atoms with E-state index in [9.17, 15) is 4.79 Å². The van der Waals surface area contributed by atoms with Crippen molar-refractivity contribution in [3.8, 4) is 11.3 Å². The van der Waals surface area contributed by atoms with Crippen LogP contribution in [0.15, 0.2) is 94.9 Å². The Morgan fingerprint density at radius 2 is 1.54 bits per heavy atom. The lowest BCUT2D eigenvalue weighted by molar-refractivity contribution is 0.101. The minimum absolute atomic E-state index is 0.0712. The number of ketones is 1. The van der Waals surface area contributed by atoms with Gasteiger partial charge >= 0.3 is 0 Å². The fraction of sp³-hybridized carbons (Fsp3) is 0.0435. The number of fused-ring (bicyclic) bond motifs is 1. The monoisotopic (exact) mass is 355 g/mol. The molecule has 0 amide bonds. The molecule has 0 atom stereocenters. The van der Waals surface area contributed by atoms with Crippen LogP contribution in [0, 0.1) is 0 Å². The van der Waals surface area contributed by atoms with Crippen molar-refractivity contribution in [1.82, 2.24) is 4.98 Å². The van der Waals surface area contributed by atoms with E-state index in [0.29, 0.717) is 5.56 Å². The molecule has 0 radical (unpaired) electrons. The second-order valence-electron chi connectivity index (χ2n) is 6.07. The normalized spacial score (nSPS) is 10.8. The first kappa shape index (κ1) is 16.6. The molecule has 0 unspecified atom stereocenters. The summed E-state index contributed by atoms with van der Waals surface area (Å²) in [5.41, 5.74) is 2.67. The lowest BCUT2D eigenvalue weighted by Crippen LogP contribution is -1.93. The summed E-state index contributed by atoms with van der Waals surface area (Å²) in [4.78, 5) is 18.6. The highest BCUT2D eigenvalue weighted by molar-refractivity contribution is 7.99. The van der Waals surface area contributed by atoms with E-state index in [0.717, 1.165) is 21.5 Å². The molecule has 0 spiro atoms. The van der Waals surface area contributed by atoms with Crippen LogP contribution in [0.1, 0.15) is 17.3 Å². The highest BCUT2D eigenvalue weighted by Gasteiger charge is 2.13. The summed E-state index contributed by atoms with van der Waals surface area (Å²) in [7, 11) is 0. The molecular weight excluding hydrogens is 338 g/mol. The Labute approximate surface area is 156 Å². The van der Waals surface area contributed by atoms with Crippen LogP contribution in [-0.4, -0.2) is 10.8 Å². The van der Waals surface area contributed by atoms with Gasteiger partial charge in [0.25, 0.3) is 0 Å². The number of aromatic nitrogens is 1. The van der Waals surface area contributed by atoms with E-state index in [4.69, 9.17) is 4.98 Å². The van der Waals surface area contributed by atoms with Gasteiger partial charge in [-0.05, 0) is 24.4 Å². The third kappa shape index (κ3) is 3.26. The van der Waals surface area contributed by atoms with Gasteiger partial charge in [-0.3, -0.25) is 9.78 Å². The maximum absolute atomic E-state index is 11.6. The van der Waals surface area contributed by atoms with Gasteiger partial charge in [0.1, 0.15) is 0 Å². The maximum Gasteiger partial charge on any atom is 0.159 e. The fourth-order valence-corrected chi connectivity index (χ4v) is 4.01. The quantitative estimate of drug-likeness (QED) is 0.405. The van der Waals surface area contributed by atoms with Crippen LogP contribution in [0.25, 0.3) is 22.0 Å². The number of hydrogen-bond donors (Lipinski definition) is 0. The molecule has 0 N–H and O–H groups in total. The molecule has 0 fully saturated rings. The molecule has 0 aliphatic carbocycles. The van der Waals surface area contributed by atoms with Crippen LogP contribution in [0.4, 0.5) is 0 Å². The second kappa shape index (κ2) is 7.14. The minimum Gasteiger partial charge on any atom is -0.295 e. The van der Waals surface area contributed by atoms with Gasteiger partial charge in [0.15, 0.2) is 5.78 Å². The zero-order valence-electron chi connectivity index (χ0n) is 14.3. The van der Waals surface area contributed by atoms with E-state index in [1.165, 1.54) is 10.3 Å². The van der Waals surface area contributed by atoms with Crippen LogP contribution in [0.5, 0.6) is 0 Å². The standard InChI is InChI=1S/C23H17NOS/c1-16(25)17-11-13-18(14-12-17)22-23(26-20-8-3-2-4-9-20)21-10-6-5-7-19(21)15-24-22/h2-15H,1H3. The van der Waals surface area contributed by atoms with Crippen LogP contribution >= 0.6 is 11.8 Å². The molecular formula is C23H17NOS. The fourth-order valence-electron chi connectivity index (χ4n) is 2.91. The van der Waals surface area contributed by atoms with E-state index in [1.807, 2.05) is 54.7 Å². The molecule has 3 heteroatoms. The van der Waals surface area contributed by atoms with E-state index in [2.05, 4.69) is 30.3 Å². The van der Waals surface area contributed by atoms with Gasteiger partial charge < -0.3 is 0 Å². The molecule has 2 nitrogen and oxygen atoms in total. The number of benzene rings is 3. The van der Waals surface area contributed by atoms with E-state index in [1.54, 1.807) is 18.7 Å². The lowest BCUT2D eigenvalue weighted by atomic mass is 10.0. The zero-order valence-corrected chi connectivity index (χ0v) is 15.2. The summed E-state index contributed by atoms with van der Waals surface area (Å²) < 4.78 is 0. The predicted octanol–water partition coefficient (Wildman–Crippen LogP) is 6.26. The molecule has 0 aliphatic heterocycles. The van der Waals surface area contributed by atoms with Crippen molar-refractivity contribution < 1.29 is 4.79 Å². The van der Waals surface area contributed by atoms with Gasteiger partial charge in [0, 0.05) is 32.5 Å². The summed E-state index contributed by atoms with van der Waals surface area (Å²) in [6.07, 6.45) is 1.92. The number of Topliss-reactive ketones (excluding diaryl/α,β-unsaturated/α-hetero) is 1. The van der Waals surface area contributed by atoms with E-state index in [-0.39, 0.29) is 5.78 Å². The van der Waals surface area contributed by atoms with Crippen LogP contribution in [0.2, 0.25) is 0 Å². The summed E-state index contributed by atoms with van der Waals surface area (Å²) in [6.45, 7) is 1.58. The molecule has 1 heterocycles. The van der Waals surface area contributed by atoms with Crippen molar-refractivity contribution >= 4 is 28.3 Å². The van der Waals surface area contributed by atoms with Crippen molar-refractivity contribution in [3.63, 3.8) is 0 Å². The Bertz CT molecular complexity index is 1070. The van der Waals surface area contributed by atoms with Gasteiger partial charge in [-0.2, -0.15) is 0 Å². The van der Waals surface area contributed by atoms with Crippen LogP contribution in [0.3, 0.4) is 0 Å².